The molecule has 33 heavy (non-hydrogen) atoms. The molecular weight excluding hydrogens is 459 g/mol. The Kier molecular flexibility index (Phi) is 7.25. The van der Waals surface area contributed by atoms with Crippen molar-refractivity contribution in [2.45, 2.75) is 49.2 Å². The van der Waals surface area contributed by atoms with Crippen LogP contribution in [0.1, 0.15) is 36.8 Å². The lowest BCUT2D eigenvalue weighted by Crippen LogP contribution is -2.67. The molecule has 1 amide bonds. The zero-order valence-electron chi connectivity index (χ0n) is 19.5. The minimum Gasteiger partial charge on any atom is -0.497 e. The summed E-state index contributed by atoms with van der Waals surface area (Å²) < 4.78 is 11.9. The summed E-state index contributed by atoms with van der Waals surface area (Å²) in [5.41, 5.74) is 1.56. The average molecular weight is 491 g/mol. The number of fused-ring (bicyclic) bond motifs is 1. The van der Waals surface area contributed by atoms with Crippen LogP contribution in [-0.4, -0.2) is 56.8 Å². The van der Waals surface area contributed by atoms with Crippen LogP contribution in [0.3, 0.4) is 0 Å². The van der Waals surface area contributed by atoms with E-state index in [-0.39, 0.29) is 29.4 Å². The Balaban J connectivity index is 1.59. The van der Waals surface area contributed by atoms with Crippen molar-refractivity contribution in [3.05, 3.63) is 63.6 Å². The Morgan fingerprint density at radius 1 is 1.15 bits per heavy atom. The summed E-state index contributed by atoms with van der Waals surface area (Å²) in [7, 11) is 5.68. The maximum Gasteiger partial charge on any atom is 0.224 e. The molecule has 178 valence electrons. The Labute approximate surface area is 206 Å². The van der Waals surface area contributed by atoms with Crippen molar-refractivity contribution in [1.29, 1.82) is 0 Å². The normalized spacial score (nSPS) is 27.6. The Bertz CT molecular complexity index is 1020. The van der Waals surface area contributed by atoms with Gasteiger partial charge >= 0.3 is 0 Å². The van der Waals surface area contributed by atoms with Gasteiger partial charge in [0.1, 0.15) is 5.75 Å². The second kappa shape index (κ2) is 9.83. The molecule has 0 aromatic heterocycles. The van der Waals surface area contributed by atoms with Crippen LogP contribution in [0.5, 0.6) is 5.75 Å². The molecule has 3 atom stereocenters. The van der Waals surface area contributed by atoms with Gasteiger partial charge in [-0.2, -0.15) is 0 Å². The number of carbonyl (C=O) groups excluding carboxylic acids is 1. The first-order valence-corrected chi connectivity index (χ1v) is 12.2. The van der Waals surface area contributed by atoms with Crippen molar-refractivity contribution in [1.82, 2.24) is 10.2 Å². The van der Waals surface area contributed by atoms with Gasteiger partial charge in [-0.15, -0.1) is 0 Å². The number of halogens is 2. The van der Waals surface area contributed by atoms with Crippen LogP contribution in [-0.2, 0) is 21.4 Å². The second-order valence-electron chi connectivity index (χ2n) is 9.43. The van der Waals surface area contributed by atoms with Crippen LogP contribution >= 0.6 is 23.2 Å². The van der Waals surface area contributed by atoms with E-state index in [0.717, 1.165) is 50.1 Å². The molecule has 7 heteroatoms. The maximum atomic E-state index is 12.9. The van der Waals surface area contributed by atoms with Crippen LogP contribution in [0.25, 0.3) is 0 Å². The molecule has 1 saturated heterocycles. The minimum atomic E-state index is -0.308. The molecule has 5 nitrogen and oxygen atoms in total. The molecule has 0 bridgehead atoms. The predicted molar refractivity (Wildman–Crippen MR) is 132 cm³/mol. The quantitative estimate of drug-likeness (QED) is 0.627. The van der Waals surface area contributed by atoms with Gasteiger partial charge < -0.3 is 19.7 Å². The van der Waals surface area contributed by atoms with E-state index in [1.807, 2.05) is 25.3 Å². The molecule has 1 aliphatic carbocycles. The third kappa shape index (κ3) is 4.74. The Hall–Kier alpha value is -1.79. The third-order valence-electron chi connectivity index (χ3n) is 7.54. The van der Waals surface area contributed by atoms with E-state index in [1.165, 1.54) is 5.56 Å². The number of methoxy groups -OCH3 is 2. The molecule has 0 unspecified atom stereocenters. The summed E-state index contributed by atoms with van der Waals surface area (Å²) >= 11 is 12.1. The lowest BCUT2D eigenvalue weighted by molar-refractivity contribution is -0.147. The molecule has 1 aliphatic heterocycles. The van der Waals surface area contributed by atoms with Crippen molar-refractivity contribution in [2.24, 2.45) is 0 Å². The number of hydrogen-bond donors (Lipinski definition) is 1. The highest BCUT2D eigenvalue weighted by atomic mass is 35.5. The first-order valence-electron chi connectivity index (χ1n) is 11.4. The summed E-state index contributed by atoms with van der Waals surface area (Å²) in [5.74, 6) is 0.841. The summed E-state index contributed by atoms with van der Waals surface area (Å²) in [6.07, 6.45) is 3.82. The molecule has 2 aromatic rings. The van der Waals surface area contributed by atoms with Gasteiger partial charge in [0.15, 0.2) is 0 Å². The molecular formula is C26H32Cl2N2O3. The Morgan fingerprint density at radius 2 is 1.97 bits per heavy atom. The highest BCUT2D eigenvalue weighted by molar-refractivity contribution is 6.42. The van der Waals surface area contributed by atoms with Crippen molar-refractivity contribution >= 4 is 29.1 Å². The SMILES string of the molecule is COc1cccc([C@@]23CCN(C)C[C@@]2(OC)CC[C@H](NC(=O)Cc2ccc(Cl)c(Cl)c2)C3)c1. The molecule has 1 saturated carbocycles. The average Bonchev–Trinajstić information content (AvgIpc) is 2.81. The van der Waals surface area contributed by atoms with E-state index in [2.05, 4.69) is 29.4 Å². The van der Waals surface area contributed by atoms with Crippen molar-refractivity contribution < 1.29 is 14.3 Å². The fourth-order valence-corrected chi connectivity index (χ4v) is 6.18. The number of rotatable bonds is 6. The van der Waals surface area contributed by atoms with Crippen LogP contribution in [0.2, 0.25) is 10.0 Å². The monoisotopic (exact) mass is 490 g/mol. The first-order chi connectivity index (χ1) is 15.8. The number of likely N-dealkylation sites (tertiary alicyclic amines) is 1. The summed E-state index contributed by atoms with van der Waals surface area (Å²) in [6.45, 7) is 1.84. The summed E-state index contributed by atoms with van der Waals surface area (Å²) in [6, 6.07) is 13.8. The van der Waals surface area contributed by atoms with Gasteiger partial charge in [-0.25, -0.2) is 0 Å². The van der Waals surface area contributed by atoms with Crippen LogP contribution in [0.4, 0.5) is 0 Å². The lowest BCUT2D eigenvalue weighted by Gasteiger charge is -2.59. The smallest absolute Gasteiger partial charge is 0.224 e. The number of amides is 1. The number of likely N-dealkylation sites (N-methyl/N-ethyl adjacent to an activating group) is 1. The largest absolute Gasteiger partial charge is 0.497 e. The molecule has 0 spiro atoms. The molecule has 1 heterocycles. The van der Waals surface area contributed by atoms with Crippen LogP contribution in [0, 0.1) is 0 Å². The first kappa shape index (κ1) is 24.3. The minimum absolute atomic E-state index is 0.00275. The molecule has 2 fully saturated rings. The zero-order valence-corrected chi connectivity index (χ0v) is 21.0. The number of carbonyl (C=O) groups is 1. The highest BCUT2D eigenvalue weighted by Crippen LogP contribution is 2.53. The van der Waals surface area contributed by atoms with Gasteiger partial charge in [-0.3, -0.25) is 4.79 Å². The fourth-order valence-electron chi connectivity index (χ4n) is 5.86. The number of piperidine rings is 1. The molecule has 0 radical (unpaired) electrons. The van der Waals surface area contributed by atoms with Gasteiger partial charge in [-0.05, 0) is 74.7 Å². The van der Waals surface area contributed by atoms with Gasteiger partial charge in [-0.1, -0.05) is 41.4 Å². The molecule has 4 rings (SSSR count). The van der Waals surface area contributed by atoms with Crippen molar-refractivity contribution in [3.8, 4) is 5.75 Å². The molecule has 2 aromatic carbocycles. The van der Waals surface area contributed by atoms with Crippen LogP contribution in [0.15, 0.2) is 42.5 Å². The highest BCUT2D eigenvalue weighted by Gasteiger charge is 2.58. The van der Waals surface area contributed by atoms with Gasteiger partial charge in [0, 0.05) is 25.1 Å². The summed E-state index contributed by atoms with van der Waals surface area (Å²) in [4.78, 5) is 15.3. The number of benzene rings is 2. The van der Waals surface area contributed by atoms with E-state index in [9.17, 15) is 4.79 Å². The zero-order chi connectivity index (χ0) is 23.6. The summed E-state index contributed by atoms with van der Waals surface area (Å²) in [5, 5.41) is 4.25. The number of nitrogens with zero attached hydrogens (tertiary/aromatic N) is 1. The topological polar surface area (TPSA) is 50.8 Å². The molecule has 1 N–H and O–H groups in total. The third-order valence-corrected chi connectivity index (χ3v) is 8.28. The van der Waals surface area contributed by atoms with E-state index < -0.39 is 0 Å². The van der Waals surface area contributed by atoms with Gasteiger partial charge in [0.25, 0.3) is 0 Å². The van der Waals surface area contributed by atoms with E-state index in [4.69, 9.17) is 32.7 Å². The van der Waals surface area contributed by atoms with Gasteiger partial charge in [0.05, 0.1) is 29.2 Å². The molecule has 2 aliphatic rings. The van der Waals surface area contributed by atoms with E-state index in [1.54, 1.807) is 19.2 Å². The predicted octanol–water partition coefficient (Wildman–Crippen LogP) is 4.87. The van der Waals surface area contributed by atoms with Crippen LogP contribution < -0.4 is 10.1 Å². The Morgan fingerprint density at radius 3 is 2.70 bits per heavy atom. The van der Waals surface area contributed by atoms with Crippen molar-refractivity contribution in [2.75, 3.05) is 34.4 Å². The number of hydrogen-bond acceptors (Lipinski definition) is 4. The lowest BCUT2D eigenvalue weighted by atomic mass is 9.55. The van der Waals surface area contributed by atoms with Gasteiger partial charge in [0.2, 0.25) is 5.91 Å². The van der Waals surface area contributed by atoms with Crippen molar-refractivity contribution in [3.63, 3.8) is 0 Å². The van der Waals surface area contributed by atoms with E-state index >= 15 is 0 Å². The number of ether oxygens (including phenoxy) is 2. The standard InChI is InChI=1S/C26H32Cl2N2O3/c1-30-12-11-25(19-5-4-6-21(15-19)32-2)16-20(9-10-26(25,17-30)33-3)29-24(31)14-18-7-8-22(27)23(28)13-18/h4-8,13,15,20H,9-12,14,16-17H2,1-3H3,(H,29,31)/t20-,25-,26-/m0/s1. The van der Waals surface area contributed by atoms with E-state index in [0.29, 0.717) is 10.0 Å². The fraction of sp³-hybridized carbons (Fsp3) is 0.500. The number of nitrogens with one attached hydrogen (secondary N) is 1. The maximum absolute atomic E-state index is 12.9. The second-order valence-corrected chi connectivity index (χ2v) is 10.2.